The highest BCUT2D eigenvalue weighted by molar-refractivity contribution is 5.29. The smallest absolute Gasteiger partial charge is 0.202 e. The van der Waals surface area contributed by atoms with Gasteiger partial charge in [0.2, 0.25) is 5.95 Å². The number of aromatic nitrogens is 2. The number of imidazole rings is 1. The maximum Gasteiger partial charge on any atom is 0.202 e. The quantitative estimate of drug-likeness (QED) is 0.632. The summed E-state index contributed by atoms with van der Waals surface area (Å²) in [5.41, 5.74) is 5.85. The lowest BCUT2D eigenvalue weighted by Crippen LogP contribution is -2.43. The van der Waals surface area contributed by atoms with Crippen LogP contribution < -0.4 is 10.6 Å². The number of hydrogen-bond donors (Lipinski definition) is 2. The van der Waals surface area contributed by atoms with Crippen LogP contribution in [0, 0.1) is 0 Å². The van der Waals surface area contributed by atoms with Crippen LogP contribution in [0.25, 0.3) is 0 Å². The average Bonchev–Trinajstić information content (AvgIpc) is 2.56. The maximum atomic E-state index is 5.85. The van der Waals surface area contributed by atoms with Crippen molar-refractivity contribution in [2.24, 2.45) is 5.73 Å². The van der Waals surface area contributed by atoms with Crippen molar-refractivity contribution in [1.82, 2.24) is 9.97 Å². The number of piperidine rings is 1. The van der Waals surface area contributed by atoms with Crippen molar-refractivity contribution in [3.63, 3.8) is 0 Å². The molecule has 2 heterocycles. The minimum Gasteiger partial charge on any atom is -0.341 e. The summed E-state index contributed by atoms with van der Waals surface area (Å²) >= 11 is 0. The van der Waals surface area contributed by atoms with Crippen molar-refractivity contribution in [2.75, 3.05) is 18.0 Å². The second-order valence-corrected chi connectivity index (χ2v) is 3.26. The van der Waals surface area contributed by atoms with Gasteiger partial charge in [0, 0.05) is 31.5 Å². The summed E-state index contributed by atoms with van der Waals surface area (Å²) in [6.07, 6.45) is 5.92. The number of rotatable bonds is 1. The van der Waals surface area contributed by atoms with Crippen LogP contribution in [0.5, 0.6) is 0 Å². The van der Waals surface area contributed by atoms with Gasteiger partial charge in [-0.05, 0) is 12.8 Å². The fraction of sp³-hybridized carbons (Fsp3) is 0.625. The monoisotopic (exact) mass is 166 g/mol. The Balaban J connectivity index is 2.04. The molecular formula is C8H14N4. The zero-order valence-electron chi connectivity index (χ0n) is 7.03. The van der Waals surface area contributed by atoms with E-state index in [4.69, 9.17) is 5.73 Å². The molecule has 1 atom stereocenters. The number of hydrogen-bond acceptors (Lipinski definition) is 3. The molecular weight excluding hydrogens is 152 g/mol. The third-order valence-corrected chi connectivity index (χ3v) is 2.24. The summed E-state index contributed by atoms with van der Waals surface area (Å²) in [6, 6.07) is 0.309. The van der Waals surface area contributed by atoms with Gasteiger partial charge in [0.05, 0.1) is 0 Å². The van der Waals surface area contributed by atoms with Gasteiger partial charge in [0.25, 0.3) is 0 Å². The van der Waals surface area contributed by atoms with Gasteiger partial charge in [0.1, 0.15) is 0 Å². The third-order valence-electron chi connectivity index (χ3n) is 2.24. The largest absolute Gasteiger partial charge is 0.341 e. The molecule has 1 unspecified atom stereocenters. The number of nitrogens with one attached hydrogen (secondary N) is 1. The number of H-pyrrole nitrogens is 1. The predicted octanol–water partition coefficient (Wildman–Crippen LogP) is 0.337. The van der Waals surface area contributed by atoms with E-state index in [0.717, 1.165) is 25.5 Å². The first-order chi connectivity index (χ1) is 5.86. The molecule has 1 aliphatic rings. The Labute approximate surface area is 71.8 Å². The molecule has 4 heteroatoms. The van der Waals surface area contributed by atoms with Gasteiger partial charge < -0.3 is 15.6 Å². The van der Waals surface area contributed by atoms with Crippen LogP contribution in [0.4, 0.5) is 5.95 Å². The highest BCUT2D eigenvalue weighted by Crippen LogP contribution is 2.13. The molecule has 1 fully saturated rings. The Hall–Kier alpha value is -1.03. The van der Waals surface area contributed by atoms with E-state index in [9.17, 15) is 0 Å². The summed E-state index contributed by atoms with van der Waals surface area (Å²) in [5.74, 6) is 0.949. The van der Waals surface area contributed by atoms with Crippen LogP contribution in [-0.2, 0) is 0 Å². The van der Waals surface area contributed by atoms with E-state index >= 15 is 0 Å². The van der Waals surface area contributed by atoms with Gasteiger partial charge >= 0.3 is 0 Å². The van der Waals surface area contributed by atoms with Crippen LogP contribution in [-0.4, -0.2) is 29.1 Å². The summed E-state index contributed by atoms with van der Waals surface area (Å²) in [5, 5.41) is 0. The van der Waals surface area contributed by atoms with E-state index in [1.54, 1.807) is 6.20 Å². The van der Waals surface area contributed by atoms with Crippen LogP contribution in [0.2, 0.25) is 0 Å². The van der Waals surface area contributed by atoms with Crippen molar-refractivity contribution in [2.45, 2.75) is 18.9 Å². The first-order valence-electron chi connectivity index (χ1n) is 4.36. The topological polar surface area (TPSA) is 57.9 Å². The highest BCUT2D eigenvalue weighted by atomic mass is 15.3. The van der Waals surface area contributed by atoms with Gasteiger partial charge in [-0.15, -0.1) is 0 Å². The number of nitrogens with two attached hydrogens (primary N) is 1. The third kappa shape index (κ3) is 1.43. The fourth-order valence-electron chi connectivity index (χ4n) is 1.63. The van der Waals surface area contributed by atoms with Gasteiger partial charge in [-0.1, -0.05) is 0 Å². The Morgan fingerprint density at radius 2 is 2.58 bits per heavy atom. The zero-order valence-corrected chi connectivity index (χ0v) is 7.03. The van der Waals surface area contributed by atoms with E-state index < -0.39 is 0 Å². The molecule has 12 heavy (non-hydrogen) atoms. The van der Waals surface area contributed by atoms with Gasteiger partial charge in [-0.3, -0.25) is 0 Å². The summed E-state index contributed by atoms with van der Waals surface area (Å²) in [7, 11) is 0. The normalized spacial score (nSPS) is 24.4. The second kappa shape index (κ2) is 3.15. The lowest BCUT2D eigenvalue weighted by Gasteiger charge is -2.30. The summed E-state index contributed by atoms with van der Waals surface area (Å²) in [4.78, 5) is 9.48. The Morgan fingerprint density at radius 3 is 3.25 bits per heavy atom. The van der Waals surface area contributed by atoms with E-state index in [0.29, 0.717) is 6.04 Å². The molecule has 3 N–H and O–H groups in total. The molecule has 0 saturated carbocycles. The van der Waals surface area contributed by atoms with Gasteiger partial charge in [-0.2, -0.15) is 0 Å². The minimum absolute atomic E-state index is 0.309. The maximum absolute atomic E-state index is 5.85. The van der Waals surface area contributed by atoms with Crippen LogP contribution in [0.15, 0.2) is 12.4 Å². The Morgan fingerprint density at radius 1 is 1.67 bits per heavy atom. The molecule has 0 aromatic carbocycles. The zero-order chi connectivity index (χ0) is 8.39. The first kappa shape index (κ1) is 7.61. The lowest BCUT2D eigenvalue weighted by molar-refractivity contribution is 0.501. The molecule has 1 aliphatic heterocycles. The molecule has 0 spiro atoms. The van der Waals surface area contributed by atoms with Crippen molar-refractivity contribution < 1.29 is 0 Å². The standard InChI is InChI=1S/C8H14N4/c9-7-2-1-5-12(6-7)8-10-3-4-11-8/h3-4,7H,1-2,5-6,9H2,(H,10,11). The molecule has 0 radical (unpaired) electrons. The van der Waals surface area contributed by atoms with E-state index in [1.807, 2.05) is 6.20 Å². The number of anilines is 1. The molecule has 1 saturated heterocycles. The fourth-order valence-corrected chi connectivity index (χ4v) is 1.63. The molecule has 0 bridgehead atoms. The molecule has 2 rings (SSSR count). The van der Waals surface area contributed by atoms with Crippen molar-refractivity contribution in [1.29, 1.82) is 0 Å². The number of nitrogens with zero attached hydrogens (tertiary/aromatic N) is 2. The highest BCUT2D eigenvalue weighted by Gasteiger charge is 2.17. The Kier molecular flexibility index (Phi) is 1.99. The molecule has 0 amide bonds. The van der Waals surface area contributed by atoms with Crippen LogP contribution in [0.3, 0.4) is 0 Å². The van der Waals surface area contributed by atoms with Gasteiger partial charge in [-0.25, -0.2) is 4.98 Å². The molecule has 1 aromatic heterocycles. The van der Waals surface area contributed by atoms with E-state index in [2.05, 4.69) is 14.9 Å². The average molecular weight is 166 g/mol. The summed E-state index contributed by atoms with van der Waals surface area (Å²) in [6.45, 7) is 1.99. The van der Waals surface area contributed by atoms with Crippen molar-refractivity contribution in [3.05, 3.63) is 12.4 Å². The summed E-state index contributed by atoms with van der Waals surface area (Å²) < 4.78 is 0. The van der Waals surface area contributed by atoms with Crippen molar-refractivity contribution >= 4 is 5.95 Å². The molecule has 0 aliphatic carbocycles. The van der Waals surface area contributed by atoms with E-state index in [-0.39, 0.29) is 0 Å². The van der Waals surface area contributed by atoms with Crippen LogP contribution >= 0.6 is 0 Å². The lowest BCUT2D eigenvalue weighted by atomic mass is 10.1. The number of aromatic amines is 1. The molecule has 66 valence electrons. The minimum atomic E-state index is 0.309. The SMILES string of the molecule is NC1CCCN(c2ncc[nH]2)C1. The van der Waals surface area contributed by atoms with E-state index in [1.165, 1.54) is 6.42 Å². The Bertz CT molecular complexity index is 231. The molecule has 4 nitrogen and oxygen atoms in total. The van der Waals surface area contributed by atoms with Gasteiger partial charge in [0.15, 0.2) is 0 Å². The predicted molar refractivity (Wildman–Crippen MR) is 48.0 cm³/mol. The van der Waals surface area contributed by atoms with Crippen LogP contribution in [0.1, 0.15) is 12.8 Å². The second-order valence-electron chi connectivity index (χ2n) is 3.26. The molecule has 1 aromatic rings. The van der Waals surface area contributed by atoms with Crippen molar-refractivity contribution in [3.8, 4) is 0 Å². The first-order valence-corrected chi connectivity index (χ1v) is 4.36.